The quantitative estimate of drug-likeness (QED) is 0.857. The fraction of sp³-hybridized carbons (Fsp3) is 0.357. The number of nitrogens with one attached hydrogen (secondary N) is 2. The first-order valence-electron chi connectivity index (χ1n) is 6.63. The number of nitrogens with zero attached hydrogens (tertiary/aromatic N) is 1. The lowest BCUT2D eigenvalue weighted by Gasteiger charge is -2.07. The Bertz CT molecular complexity index is 709. The Labute approximate surface area is 129 Å². The maximum absolute atomic E-state index is 12.3. The van der Waals surface area contributed by atoms with Crippen LogP contribution in [0.5, 0.6) is 0 Å². The molecule has 0 aliphatic rings. The predicted octanol–water partition coefficient (Wildman–Crippen LogP) is 2.75. The lowest BCUT2D eigenvalue weighted by atomic mass is 10.3. The smallest absolute Gasteiger partial charge is 0.271 e. The van der Waals surface area contributed by atoms with Gasteiger partial charge in [-0.1, -0.05) is 13.8 Å². The van der Waals surface area contributed by atoms with Crippen molar-refractivity contribution in [3.63, 3.8) is 0 Å². The summed E-state index contributed by atoms with van der Waals surface area (Å²) >= 11 is 1.27. The van der Waals surface area contributed by atoms with E-state index >= 15 is 0 Å². The Morgan fingerprint density at radius 3 is 2.71 bits per heavy atom. The molecule has 21 heavy (non-hydrogen) atoms. The second-order valence-electron chi connectivity index (χ2n) is 5.11. The van der Waals surface area contributed by atoms with Crippen molar-refractivity contribution in [3.05, 3.63) is 41.0 Å². The van der Waals surface area contributed by atoms with E-state index in [2.05, 4.69) is 28.9 Å². The van der Waals surface area contributed by atoms with Crippen molar-refractivity contribution in [2.75, 3.05) is 4.72 Å². The summed E-state index contributed by atoms with van der Waals surface area (Å²) in [5.41, 5.74) is 1.38. The summed E-state index contributed by atoms with van der Waals surface area (Å²) < 4.78 is 27.5. The van der Waals surface area contributed by atoms with Gasteiger partial charge in [0.15, 0.2) is 0 Å². The molecule has 0 fully saturated rings. The highest BCUT2D eigenvalue weighted by molar-refractivity contribution is 7.94. The Balaban J connectivity index is 2.12. The molecule has 0 saturated carbocycles. The number of sulfonamides is 1. The molecule has 0 unspecified atom stereocenters. The molecule has 0 aliphatic heterocycles. The van der Waals surface area contributed by atoms with Gasteiger partial charge in [0.2, 0.25) is 0 Å². The molecule has 7 heteroatoms. The maximum atomic E-state index is 12.3. The largest absolute Gasteiger partial charge is 0.310 e. The van der Waals surface area contributed by atoms with Crippen LogP contribution < -0.4 is 10.0 Å². The zero-order chi connectivity index (χ0) is 15.5. The SMILES string of the molecule is Cc1cncc(NS(=O)(=O)c2ccc(CNC(C)C)s2)c1. The molecule has 0 aromatic carbocycles. The Morgan fingerprint density at radius 2 is 2.05 bits per heavy atom. The molecule has 0 bridgehead atoms. The summed E-state index contributed by atoms with van der Waals surface area (Å²) in [7, 11) is -3.55. The van der Waals surface area contributed by atoms with Crippen LogP contribution in [-0.4, -0.2) is 19.4 Å². The summed E-state index contributed by atoms with van der Waals surface area (Å²) in [5.74, 6) is 0. The van der Waals surface area contributed by atoms with Gasteiger partial charge in [0.05, 0.1) is 11.9 Å². The summed E-state index contributed by atoms with van der Waals surface area (Å²) in [6.45, 7) is 6.64. The number of hydrogen-bond acceptors (Lipinski definition) is 5. The van der Waals surface area contributed by atoms with Crippen molar-refractivity contribution in [1.29, 1.82) is 0 Å². The molecule has 0 amide bonds. The topological polar surface area (TPSA) is 71.1 Å². The van der Waals surface area contributed by atoms with E-state index < -0.39 is 10.0 Å². The van der Waals surface area contributed by atoms with Gasteiger partial charge in [0, 0.05) is 23.7 Å². The molecule has 2 aromatic heterocycles. The van der Waals surface area contributed by atoms with E-state index in [0.29, 0.717) is 22.5 Å². The van der Waals surface area contributed by atoms with E-state index in [-0.39, 0.29) is 0 Å². The van der Waals surface area contributed by atoms with Crippen LogP contribution in [-0.2, 0) is 16.6 Å². The molecule has 2 aromatic rings. The van der Waals surface area contributed by atoms with Gasteiger partial charge in [0.25, 0.3) is 10.0 Å². The number of rotatable bonds is 6. The van der Waals surface area contributed by atoms with Gasteiger partial charge >= 0.3 is 0 Å². The minimum Gasteiger partial charge on any atom is -0.310 e. The first kappa shape index (κ1) is 15.9. The molecule has 0 aliphatic carbocycles. The number of aryl methyl sites for hydroxylation is 1. The Hall–Kier alpha value is -1.44. The highest BCUT2D eigenvalue weighted by Crippen LogP contribution is 2.24. The van der Waals surface area contributed by atoms with Crippen molar-refractivity contribution in [1.82, 2.24) is 10.3 Å². The zero-order valence-corrected chi connectivity index (χ0v) is 13.9. The Kier molecular flexibility index (Phi) is 4.97. The number of thiophene rings is 1. The van der Waals surface area contributed by atoms with Gasteiger partial charge in [-0.3, -0.25) is 9.71 Å². The van der Waals surface area contributed by atoms with Crippen LogP contribution in [0.1, 0.15) is 24.3 Å². The maximum Gasteiger partial charge on any atom is 0.271 e. The normalized spacial score (nSPS) is 11.8. The van der Waals surface area contributed by atoms with Crippen molar-refractivity contribution < 1.29 is 8.42 Å². The predicted molar refractivity (Wildman–Crippen MR) is 86.1 cm³/mol. The summed E-state index contributed by atoms with van der Waals surface area (Å²) in [6, 6.07) is 5.58. The molecule has 2 heterocycles. The van der Waals surface area contributed by atoms with Crippen molar-refractivity contribution in [2.45, 2.75) is 37.6 Å². The van der Waals surface area contributed by atoms with E-state index in [9.17, 15) is 8.42 Å². The van der Waals surface area contributed by atoms with Gasteiger partial charge in [-0.25, -0.2) is 8.42 Å². The number of pyridine rings is 1. The molecule has 114 valence electrons. The first-order chi connectivity index (χ1) is 9.87. The third kappa shape index (κ3) is 4.52. The van der Waals surface area contributed by atoms with Crippen LogP contribution in [0.2, 0.25) is 0 Å². The zero-order valence-electron chi connectivity index (χ0n) is 12.3. The second-order valence-corrected chi connectivity index (χ2v) is 8.19. The molecule has 0 saturated heterocycles. The molecule has 0 radical (unpaired) electrons. The van der Waals surface area contributed by atoms with E-state index in [1.54, 1.807) is 18.3 Å². The minimum atomic E-state index is -3.55. The van der Waals surface area contributed by atoms with Gasteiger partial charge in [-0.05, 0) is 30.7 Å². The number of hydrogen-bond donors (Lipinski definition) is 2. The summed E-state index contributed by atoms with van der Waals surface area (Å²) in [5, 5.41) is 3.27. The van der Waals surface area contributed by atoms with Crippen LogP contribution in [0.25, 0.3) is 0 Å². The minimum absolute atomic E-state index is 0.310. The molecule has 2 N–H and O–H groups in total. The van der Waals surface area contributed by atoms with E-state index in [0.717, 1.165) is 10.4 Å². The van der Waals surface area contributed by atoms with Crippen molar-refractivity contribution in [3.8, 4) is 0 Å². The Morgan fingerprint density at radius 1 is 1.29 bits per heavy atom. The third-order valence-corrected chi connectivity index (χ3v) is 5.67. The molecule has 0 atom stereocenters. The highest BCUT2D eigenvalue weighted by Gasteiger charge is 2.17. The standard InChI is InChI=1S/C14H19N3O2S2/c1-10(2)16-9-13-4-5-14(20-13)21(18,19)17-12-6-11(3)7-15-8-12/h4-8,10,16-17H,9H2,1-3H3. The molecular weight excluding hydrogens is 306 g/mol. The van der Waals surface area contributed by atoms with E-state index in [1.165, 1.54) is 17.5 Å². The van der Waals surface area contributed by atoms with E-state index in [1.807, 2.05) is 13.0 Å². The fourth-order valence-electron chi connectivity index (χ4n) is 1.72. The monoisotopic (exact) mass is 325 g/mol. The van der Waals surface area contributed by atoms with E-state index in [4.69, 9.17) is 0 Å². The summed E-state index contributed by atoms with van der Waals surface area (Å²) in [4.78, 5) is 4.97. The molecule has 2 rings (SSSR count). The average Bonchev–Trinajstić information content (AvgIpc) is 2.85. The third-order valence-electron chi connectivity index (χ3n) is 2.71. The van der Waals surface area contributed by atoms with Crippen LogP contribution in [0.4, 0.5) is 5.69 Å². The van der Waals surface area contributed by atoms with Crippen LogP contribution in [0, 0.1) is 6.92 Å². The highest BCUT2D eigenvalue weighted by atomic mass is 32.2. The van der Waals surface area contributed by atoms with Gasteiger partial charge in [-0.2, -0.15) is 0 Å². The number of anilines is 1. The van der Waals surface area contributed by atoms with Gasteiger partial charge in [0.1, 0.15) is 4.21 Å². The molecule has 5 nitrogen and oxygen atoms in total. The second kappa shape index (κ2) is 6.55. The fourth-order valence-corrected chi connectivity index (χ4v) is 4.06. The molecule has 0 spiro atoms. The van der Waals surface area contributed by atoms with Crippen molar-refractivity contribution in [2.24, 2.45) is 0 Å². The van der Waals surface area contributed by atoms with Crippen LogP contribution in [0.3, 0.4) is 0 Å². The molecular formula is C14H19N3O2S2. The van der Waals surface area contributed by atoms with Crippen molar-refractivity contribution >= 4 is 27.0 Å². The van der Waals surface area contributed by atoms with Crippen LogP contribution >= 0.6 is 11.3 Å². The van der Waals surface area contributed by atoms with Crippen LogP contribution in [0.15, 0.2) is 34.8 Å². The number of aromatic nitrogens is 1. The first-order valence-corrected chi connectivity index (χ1v) is 8.93. The lowest BCUT2D eigenvalue weighted by Crippen LogP contribution is -2.21. The van der Waals surface area contributed by atoms with Gasteiger partial charge in [-0.15, -0.1) is 11.3 Å². The van der Waals surface area contributed by atoms with Gasteiger partial charge < -0.3 is 5.32 Å². The average molecular weight is 325 g/mol. The lowest BCUT2D eigenvalue weighted by molar-refractivity contribution is 0.593. The summed E-state index contributed by atoms with van der Waals surface area (Å²) in [6.07, 6.45) is 3.18.